The lowest BCUT2D eigenvalue weighted by Gasteiger charge is -2.31. The van der Waals surface area contributed by atoms with E-state index in [2.05, 4.69) is 20.7 Å². The largest absolute Gasteiger partial charge is 0.417 e. The summed E-state index contributed by atoms with van der Waals surface area (Å²) in [6.45, 7) is 0.864. The number of hydrazine groups is 1. The van der Waals surface area contributed by atoms with Crippen LogP contribution in [-0.4, -0.2) is 66.0 Å². The number of nitrogens with two attached hydrogens (primary N) is 1. The van der Waals surface area contributed by atoms with Crippen LogP contribution in [0.3, 0.4) is 0 Å². The van der Waals surface area contributed by atoms with E-state index < -0.39 is 41.4 Å². The molecule has 1 saturated heterocycles. The van der Waals surface area contributed by atoms with Crippen LogP contribution >= 0.6 is 0 Å². The van der Waals surface area contributed by atoms with Crippen LogP contribution in [0.2, 0.25) is 0 Å². The quantitative estimate of drug-likeness (QED) is 0.414. The van der Waals surface area contributed by atoms with E-state index in [0.717, 1.165) is 6.07 Å². The normalized spacial score (nSPS) is 17.0. The van der Waals surface area contributed by atoms with Gasteiger partial charge in [0, 0.05) is 30.4 Å². The highest BCUT2D eigenvalue weighted by atomic mass is 19.4. The van der Waals surface area contributed by atoms with Gasteiger partial charge in [0.1, 0.15) is 0 Å². The maximum absolute atomic E-state index is 13.5. The van der Waals surface area contributed by atoms with Crippen LogP contribution in [0.1, 0.15) is 27.2 Å². The van der Waals surface area contributed by atoms with Crippen LogP contribution in [-0.2, 0) is 15.7 Å². The number of urea groups is 1. The van der Waals surface area contributed by atoms with Gasteiger partial charge in [0.2, 0.25) is 6.17 Å². The Morgan fingerprint density at radius 2 is 1.76 bits per heavy atom. The second-order valence-electron chi connectivity index (χ2n) is 9.09. The molecule has 41 heavy (non-hydrogen) atoms. The zero-order chi connectivity index (χ0) is 29.1. The number of anilines is 2. The summed E-state index contributed by atoms with van der Waals surface area (Å²) in [4.78, 5) is 49.2. The van der Waals surface area contributed by atoms with Crippen molar-refractivity contribution in [2.24, 2.45) is 10.7 Å². The molecule has 1 aromatic heterocycles. The first-order chi connectivity index (χ1) is 19.6. The fourth-order valence-electron chi connectivity index (χ4n) is 4.47. The lowest BCUT2D eigenvalue weighted by molar-refractivity contribution is -0.137. The van der Waals surface area contributed by atoms with Crippen molar-refractivity contribution in [2.75, 3.05) is 36.5 Å². The first-order valence-corrected chi connectivity index (χ1v) is 12.5. The number of morpholine rings is 1. The predicted molar refractivity (Wildman–Crippen MR) is 142 cm³/mol. The van der Waals surface area contributed by atoms with E-state index in [1.54, 1.807) is 54.6 Å². The number of ether oxygens (including phenoxy) is 1. The van der Waals surface area contributed by atoms with Crippen molar-refractivity contribution in [3.63, 3.8) is 0 Å². The number of halogens is 3. The number of nitrogens with zero attached hydrogens (tertiary/aromatic N) is 4. The number of aliphatic imine (C=N–C) groups is 1. The maximum atomic E-state index is 13.5. The molecule has 0 radical (unpaired) electrons. The monoisotopic (exact) mass is 567 g/mol. The molecule has 2 aliphatic rings. The van der Waals surface area contributed by atoms with Gasteiger partial charge in [-0.3, -0.25) is 15.0 Å². The molecule has 0 saturated carbocycles. The topological polar surface area (TPSA) is 142 Å². The summed E-state index contributed by atoms with van der Waals surface area (Å²) < 4.78 is 45.7. The molecule has 2 aromatic carbocycles. The van der Waals surface area contributed by atoms with E-state index in [1.165, 1.54) is 4.90 Å². The molecule has 2 aliphatic heterocycles. The van der Waals surface area contributed by atoms with Gasteiger partial charge < -0.3 is 20.7 Å². The fraction of sp³-hybridized carbons (Fsp3) is 0.222. The third kappa shape index (κ3) is 5.82. The number of alkyl halides is 3. The first-order valence-electron chi connectivity index (χ1n) is 12.5. The molecule has 3 aromatic rings. The summed E-state index contributed by atoms with van der Waals surface area (Å²) in [7, 11) is 0. The third-order valence-electron chi connectivity index (χ3n) is 6.44. The van der Waals surface area contributed by atoms with Gasteiger partial charge in [0.25, 0.3) is 11.8 Å². The number of pyridine rings is 1. The second kappa shape index (κ2) is 11.3. The third-order valence-corrected chi connectivity index (χ3v) is 6.44. The average Bonchev–Trinajstić information content (AvgIpc) is 3.11. The molecular formula is C27H24F3N7O4. The van der Waals surface area contributed by atoms with Crippen molar-refractivity contribution in [3.8, 4) is 0 Å². The van der Waals surface area contributed by atoms with E-state index in [0.29, 0.717) is 33.7 Å². The molecule has 14 heteroatoms. The Balaban J connectivity index is 1.53. The number of aromatic nitrogens is 1. The Hall–Kier alpha value is -4.98. The lowest BCUT2D eigenvalue weighted by Crippen LogP contribution is -2.57. The minimum Gasteiger partial charge on any atom is -0.378 e. The molecule has 0 bridgehead atoms. The van der Waals surface area contributed by atoms with Crippen LogP contribution in [0.4, 0.5) is 29.3 Å². The van der Waals surface area contributed by atoms with Gasteiger partial charge in [-0.1, -0.05) is 48.5 Å². The van der Waals surface area contributed by atoms with Gasteiger partial charge in [0.05, 0.1) is 35.9 Å². The van der Waals surface area contributed by atoms with Crippen molar-refractivity contribution in [1.82, 2.24) is 15.4 Å². The van der Waals surface area contributed by atoms with E-state index in [4.69, 9.17) is 10.5 Å². The molecule has 1 fully saturated rings. The number of rotatable bonds is 4. The van der Waals surface area contributed by atoms with Crippen molar-refractivity contribution >= 4 is 34.9 Å². The highest BCUT2D eigenvalue weighted by molar-refractivity contribution is 6.19. The van der Waals surface area contributed by atoms with Gasteiger partial charge >= 0.3 is 12.2 Å². The molecule has 212 valence electrons. The predicted octanol–water partition coefficient (Wildman–Crippen LogP) is 2.78. The maximum Gasteiger partial charge on any atom is 0.417 e. The van der Waals surface area contributed by atoms with Crippen molar-refractivity contribution in [1.29, 1.82) is 0 Å². The minimum absolute atomic E-state index is 0.115. The molecule has 0 aliphatic carbocycles. The summed E-state index contributed by atoms with van der Waals surface area (Å²) in [5.74, 6) is -1.85. The molecule has 0 spiro atoms. The zero-order valence-corrected chi connectivity index (χ0v) is 21.4. The number of benzodiazepines with no additional fused rings is 1. The highest BCUT2D eigenvalue weighted by Gasteiger charge is 2.37. The molecule has 11 nitrogen and oxygen atoms in total. The molecule has 5 rings (SSSR count). The number of hydrogen-bond donors (Lipinski definition) is 3. The summed E-state index contributed by atoms with van der Waals surface area (Å²) >= 11 is 0. The Morgan fingerprint density at radius 3 is 2.44 bits per heavy atom. The number of nitrogens with one attached hydrogen (secondary N) is 2. The highest BCUT2D eigenvalue weighted by Crippen LogP contribution is 2.33. The number of amides is 4. The van der Waals surface area contributed by atoms with Gasteiger partial charge in [-0.2, -0.15) is 13.2 Å². The molecule has 3 heterocycles. The molecule has 4 amide bonds. The van der Waals surface area contributed by atoms with E-state index >= 15 is 0 Å². The number of benzene rings is 2. The molecule has 1 atom stereocenters. The van der Waals surface area contributed by atoms with Crippen LogP contribution in [0.15, 0.2) is 71.9 Å². The van der Waals surface area contributed by atoms with Crippen molar-refractivity contribution in [3.05, 3.63) is 89.2 Å². The van der Waals surface area contributed by atoms with Crippen LogP contribution in [0, 0.1) is 0 Å². The standard InChI is InChI=1S/C27H24F3N7O4/c28-27(29,30)17-14-20(36-10-12-41-13-11-36)22(32-15-17)24(38)35-37(26(31)40)23-25(39)33-19-9-5-4-8-18(19)21(34-23)16-6-2-1-3-7-16/h1-9,14-15,23H,10-13H2,(H2,31,40)(H,33,39)(H,35,38)/t23-/m0/s1. The Kier molecular flexibility index (Phi) is 7.57. The molecule has 4 N–H and O–H groups in total. The van der Waals surface area contributed by atoms with Crippen molar-refractivity contribution in [2.45, 2.75) is 12.3 Å². The summed E-state index contributed by atoms with van der Waals surface area (Å²) in [6.07, 6.45) is -5.85. The summed E-state index contributed by atoms with van der Waals surface area (Å²) in [5, 5.41) is 3.21. The number of fused-ring (bicyclic) bond motifs is 1. The Labute approximate surface area is 231 Å². The van der Waals surface area contributed by atoms with Crippen molar-refractivity contribution < 1.29 is 32.3 Å². The number of para-hydroxylation sites is 1. The summed E-state index contributed by atoms with van der Waals surface area (Å²) in [6, 6.07) is 15.3. The SMILES string of the molecule is NC(=O)N(NC(=O)c1ncc(C(F)(F)F)cc1N1CCOCC1)[C@@H]1N=C(c2ccccc2)c2ccccc2NC1=O. The van der Waals surface area contributed by atoms with E-state index in [-0.39, 0.29) is 32.0 Å². The summed E-state index contributed by atoms with van der Waals surface area (Å²) in [5.41, 5.74) is 8.19. The first kappa shape index (κ1) is 27.6. The van der Waals surface area contributed by atoms with Gasteiger partial charge in [0.15, 0.2) is 5.69 Å². The second-order valence-corrected chi connectivity index (χ2v) is 9.09. The molecular weight excluding hydrogens is 543 g/mol. The number of carbonyl (C=O) groups is 3. The number of carbonyl (C=O) groups excluding carboxylic acids is 3. The molecule has 0 unspecified atom stereocenters. The van der Waals surface area contributed by atoms with Crippen LogP contribution in [0.5, 0.6) is 0 Å². The van der Waals surface area contributed by atoms with Crippen LogP contribution < -0.4 is 21.4 Å². The Bertz CT molecular complexity index is 1510. The smallest absolute Gasteiger partial charge is 0.378 e. The van der Waals surface area contributed by atoms with Gasteiger partial charge in [-0.05, 0) is 12.1 Å². The van der Waals surface area contributed by atoms with E-state index in [1.807, 2.05) is 0 Å². The number of primary amides is 1. The number of hydrogen-bond acceptors (Lipinski definition) is 7. The van der Waals surface area contributed by atoms with Crippen LogP contribution in [0.25, 0.3) is 0 Å². The minimum atomic E-state index is -4.71. The van der Waals surface area contributed by atoms with E-state index in [9.17, 15) is 27.6 Å². The van der Waals surface area contributed by atoms with Gasteiger partial charge in [-0.25, -0.2) is 19.8 Å². The lowest BCUT2D eigenvalue weighted by atomic mass is 10.0. The fourth-order valence-corrected chi connectivity index (χ4v) is 4.47. The van der Waals surface area contributed by atoms with Gasteiger partial charge in [-0.15, -0.1) is 0 Å². The zero-order valence-electron chi connectivity index (χ0n) is 21.4. The average molecular weight is 568 g/mol. The Morgan fingerprint density at radius 1 is 1.07 bits per heavy atom.